The van der Waals surface area contributed by atoms with Gasteiger partial charge in [0.1, 0.15) is 0 Å². The van der Waals surface area contributed by atoms with Crippen molar-refractivity contribution in [3.8, 4) is 5.75 Å². The van der Waals surface area contributed by atoms with Crippen LogP contribution in [0.3, 0.4) is 0 Å². The SMILES string of the molecule is COc1ccc(S(=O)(=O)N[C@H](C)CO)cc1F. The van der Waals surface area contributed by atoms with Crippen molar-refractivity contribution < 1.29 is 22.7 Å². The first-order valence-corrected chi connectivity index (χ1v) is 6.35. The average Bonchev–Trinajstić information content (AvgIpc) is 2.28. The van der Waals surface area contributed by atoms with E-state index in [9.17, 15) is 12.8 Å². The van der Waals surface area contributed by atoms with E-state index in [1.165, 1.54) is 26.2 Å². The minimum absolute atomic E-state index is 0.0286. The number of hydrogen-bond acceptors (Lipinski definition) is 4. The second-order valence-corrected chi connectivity index (χ2v) is 5.22. The molecule has 0 spiro atoms. The molecule has 0 aliphatic heterocycles. The van der Waals surface area contributed by atoms with Gasteiger partial charge in [-0.05, 0) is 25.1 Å². The van der Waals surface area contributed by atoms with E-state index in [-0.39, 0.29) is 17.3 Å². The summed E-state index contributed by atoms with van der Waals surface area (Å²) in [6.45, 7) is 1.16. The smallest absolute Gasteiger partial charge is 0.240 e. The first-order valence-electron chi connectivity index (χ1n) is 4.87. The van der Waals surface area contributed by atoms with Gasteiger partial charge < -0.3 is 9.84 Å². The minimum Gasteiger partial charge on any atom is -0.494 e. The lowest BCUT2D eigenvalue weighted by Gasteiger charge is -2.12. The molecular weight excluding hydrogens is 249 g/mol. The maximum atomic E-state index is 13.3. The Balaban J connectivity index is 3.04. The zero-order valence-electron chi connectivity index (χ0n) is 9.47. The van der Waals surface area contributed by atoms with E-state index in [1.54, 1.807) is 0 Å². The number of halogens is 1. The maximum absolute atomic E-state index is 13.3. The highest BCUT2D eigenvalue weighted by molar-refractivity contribution is 7.89. The molecule has 0 aromatic heterocycles. The fraction of sp³-hybridized carbons (Fsp3) is 0.400. The Morgan fingerprint density at radius 2 is 2.18 bits per heavy atom. The van der Waals surface area contributed by atoms with Gasteiger partial charge in [-0.15, -0.1) is 0 Å². The summed E-state index contributed by atoms with van der Waals surface area (Å²) in [6, 6.07) is 2.69. The van der Waals surface area contributed by atoms with Gasteiger partial charge in [-0.1, -0.05) is 0 Å². The molecule has 5 nitrogen and oxygen atoms in total. The van der Waals surface area contributed by atoms with Gasteiger partial charge in [0, 0.05) is 6.04 Å². The number of rotatable bonds is 5. The van der Waals surface area contributed by atoms with Crippen LogP contribution < -0.4 is 9.46 Å². The number of ether oxygens (including phenoxy) is 1. The molecule has 0 heterocycles. The molecule has 0 aliphatic carbocycles. The molecule has 1 rings (SSSR count). The van der Waals surface area contributed by atoms with Gasteiger partial charge in [0.15, 0.2) is 11.6 Å². The molecule has 17 heavy (non-hydrogen) atoms. The summed E-state index contributed by atoms with van der Waals surface area (Å²) in [5.41, 5.74) is 0. The van der Waals surface area contributed by atoms with Crippen molar-refractivity contribution in [1.29, 1.82) is 0 Å². The van der Waals surface area contributed by atoms with Crippen LogP contribution in [0.2, 0.25) is 0 Å². The van der Waals surface area contributed by atoms with Gasteiger partial charge in [0.2, 0.25) is 10.0 Å². The predicted octanol–water partition coefficient (Wildman–Crippen LogP) is 0.493. The van der Waals surface area contributed by atoms with Crippen LogP contribution in [0.5, 0.6) is 5.75 Å². The number of aliphatic hydroxyl groups excluding tert-OH is 1. The third-order valence-corrected chi connectivity index (χ3v) is 3.65. The molecule has 1 aromatic rings. The van der Waals surface area contributed by atoms with Gasteiger partial charge in [-0.3, -0.25) is 0 Å². The molecule has 2 N–H and O–H groups in total. The number of sulfonamides is 1. The summed E-state index contributed by atoms with van der Waals surface area (Å²) < 4.78 is 43.7. The highest BCUT2D eigenvalue weighted by Crippen LogP contribution is 2.20. The van der Waals surface area contributed by atoms with Crippen molar-refractivity contribution in [3.05, 3.63) is 24.0 Å². The van der Waals surface area contributed by atoms with Crippen LogP contribution >= 0.6 is 0 Å². The highest BCUT2D eigenvalue weighted by atomic mass is 32.2. The Hall–Kier alpha value is -1.18. The van der Waals surface area contributed by atoms with Gasteiger partial charge >= 0.3 is 0 Å². The fourth-order valence-electron chi connectivity index (χ4n) is 1.18. The van der Waals surface area contributed by atoms with Crippen molar-refractivity contribution in [3.63, 3.8) is 0 Å². The lowest BCUT2D eigenvalue weighted by atomic mass is 10.3. The summed E-state index contributed by atoms with van der Waals surface area (Å²) in [5, 5.41) is 8.76. The van der Waals surface area contributed by atoms with Gasteiger partial charge in [0.05, 0.1) is 18.6 Å². The second kappa shape index (κ2) is 5.44. The zero-order chi connectivity index (χ0) is 13.1. The Bertz CT molecular complexity index is 489. The molecular formula is C10H14FNO4S. The van der Waals surface area contributed by atoms with Crippen LogP contribution in [0, 0.1) is 5.82 Å². The normalized spacial score (nSPS) is 13.4. The molecule has 7 heteroatoms. The van der Waals surface area contributed by atoms with Gasteiger partial charge in [-0.25, -0.2) is 17.5 Å². The summed E-state index contributed by atoms with van der Waals surface area (Å²) in [4.78, 5) is -0.212. The van der Waals surface area contributed by atoms with Crippen molar-refractivity contribution in [2.45, 2.75) is 17.9 Å². The topological polar surface area (TPSA) is 75.6 Å². The number of nitrogens with one attached hydrogen (secondary N) is 1. The number of hydrogen-bond donors (Lipinski definition) is 2. The molecule has 0 bridgehead atoms. The molecule has 96 valence electrons. The van der Waals surface area contributed by atoms with Crippen molar-refractivity contribution in [2.24, 2.45) is 0 Å². The van der Waals surface area contributed by atoms with Gasteiger partial charge in [-0.2, -0.15) is 0 Å². The maximum Gasteiger partial charge on any atom is 0.240 e. The van der Waals surface area contributed by atoms with E-state index in [4.69, 9.17) is 5.11 Å². The second-order valence-electron chi connectivity index (χ2n) is 3.50. The molecule has 0 radical (unpaired) electrons. The predicted molar refractivity (Wildman–Crippen MR) is 59.8 cm³/mol. The van der Waals surface area contributed by atoms with E-state index < -0.39 is 21.9 Å². The molecule has 0 amide bonds. The largest absolute Gasteiger partial charge is 0.494 e. The number of methoxy groups -OCH3 is 1. The molecule has 1 atom stereocenters. The third kappa shape index (κ3) is 3.39. The summed E-state index contributed by atoms with van der Waals surface area (Å²) in [5.74, 6) is -0.786. The van der Waals surface area contributed by atoms with Crippen LogP contribution in [-0.2, 0) is 10.0 Å². The number of aliphatic hydroxyl groups is 1. The van der Waals surface area contributed by atoms with Crippen LogP contribution in [0.25, 0.3) is 0 Å². The third-order valence-electron chi connectivity index (χ3n) is 2.06. The van der Waals surface area contributed by atoms with E-state index in [0.717, 1.165) is 6.07 Å². The van der Waals surface area contributed by atoms with Crippen LogP contribution in [0.15, 0.2) is 23.1 Å². The molecule has 0 unspecified atom stereocenters. The fourth-order valence-corrected chi connectivity index (χ4v) is 2.43. The summed E-state index contributed by atoms with van der Waals surface area (Å²) in [6.07, 6.45) is 0. The monoisotopic (exact) mass is 263 g/mol. The first-order chi connectivity index (χ1) is 7.90. The Morgan fingerprint density at radius 1 is 1.53 bits per heavy atom. The lowest BCUT2D eigenvalue weighted by molar-refractivity contribution is 0.265. The Labute approximate surface area is 99.3 Å². The summed E-state index contributed by atoms with van der Waals surface area (Å²) in [7, 11) is -2.53. The number of benzene rings is 1. The highest BCUT2D eigenvalue weighted by Gasteiger charge is 2.18. The van der Waals surface area contributed by atoms with Crippen LogP contribution in [0.4, 0.5) is 4.39 Å². The van der Waals surface area contributed by atoms with Crippen molar-refractivity contribution >= 4 is 10.0 Å². The zero-order valence-corrected chi connectivity index (χ0v) is 10.3. The molecule has 0 saturated heterocycles. The molecule has 0 aliphatic rings. The molecule has 1 aromatic carbocycles. The van der Waals surface area contributed by atoms with E-state index in [2.05, 4.69) is 9.46 Å². The van der Waals surface area contributed by atoms with Crippen LogP contribution in [0.1, 0.15) is 6.92 Å². The van der Waals surface area contributed by atoms with Crippen LogP contribution in [-0.4, -0.2) is 33.3 Å². The van der Waals surface area contributed by atoms with Crippen molar-refractivity contribution in [1.82, 2.24) is 4.72 Å². The molecule has 0 saturated carbocycles. The van der Waals surface area contributed by atoms with Crippen molar-refractivity contribution in [2.75, 3.05) is 13.7 Å². The average molecular weight is 263 g/mol. The van der Waals surface area contributed by atoms with E-state index >= 15 is 0 Å². The molecule has 0 fully saturated rings. The lowest BCUT2D eigenvalue weighted by Crippen LogP contribution is -2.35. The standard InChI is InChI=1S/C10H14FNO4S/c1-7(6-13)12-17(14,15)8-3-4-10(16-2)9(11)5-8/h3-5,7,12-13H,6H2,1-2H3/t7-/m1/s1. The Kier molecular flexibility index (Phi) is 4.44. The Morgan fingerprint density at radius 3 is 2.65 bits per heavy atom. The minimum atomic E-state index is -3.82. The summed E-state index contributed by atoms with van der Waals surface area (Å²) >= 11 is 0. The van der Waals surface area contributed by atoms with E-state index in [1.807, 2.05) is 0 Å². The van der Waals surface area contributed by atoms with E-state index in [0.29, 0.717) is 0 Å². The quantitative estimate of drug-likeness (QED) is 0.811. The van der Waals surface area contributed by atoms with Gasteiger partial charge in [0.25, 0.3) is 0 Å². The first kappa shape index (κ1) is 13.9.